The number of carbonyl (C=O) groups is 1. The molecule has 0 aliphatic rings. The predicted molar refractivity (Wildman–Crippen MR) is 91.5 cm³/mol. The van der Waals surface area contributed by atoms with Crippen LogP contribution in [0, 0.1) is 6.92 Å². The minimum atomic E-state index is -0.393. The van der Waals surface area contributed by atoms with Gasteiger partial charge in [0.1, 0.15) is 17.2 Å². The van der Waals surface area contributed by atoms with Crippen molar-refractivity contribution in [2.24, 2.45) is 0 Å². The number of ether oxygens (including phenoxy) is 1. The zero-order valence-corrected chi connectivity index (χ0v) is 13.8. The summed E-state index contributed by atoms with van der Waals surface area (Å²) in [5, 5.41) is 9.42. The zero-order chi connectivity index (χ0) is 17.6. The Kier molecular flexibility index (Phi) is 4.89. The van der Waals surface area contributed by atoms with Gasteiger partial charge in [-0.3, -0.25) is 4.79 Å². The lowest BCUT2D eigenvalue weighted by Crippen LogP contribution is -2.15. The second kappa shape index (κ2) is 7.43. The van der Waals surface area contributed by atoms with Crippen LogP contribution in [0.1, 0.15) is 21.8 Å². The number of benzene rings is 1. The van der Waals surface area contributed by atoms with Gasteiger partial charge in [-0.1, -0.05) is 23.4 Å². The third-order valence-electron chi connectivity index (χ3n) is 3.39. The van der Waals surface area contributed by atoms with E-state index in [9.17, 15) is 4.79 Å². The van der Waals surface area contributed by atoms with Crippen LogP contribution in [0.25, 0.3) is 0 Å². The molecule has 0 aliphatic heterocycles. The average Bonchev–Trinajstić information content (AvgIpc) is 3.05. The Bertz CT molecular complexity index is 878. The quantitative estimate of drug-likeness (QED) is 0.711. The molecule has 2 aromatic heterocycles. The lowest BCUT2D eigenvalue weighted by Gasteiger charge is -2.09. The van der Waals surface area contributed by atoms with E-state index in [4.69, 9.17) is 9.26 Å². The van der Waals surface area contributed by atoms with E-state index in [0.29, 0.717) is 24.1 Å². The van der Waals surface area contributed by atoms with E-state index in [1.807, 2.05) is 24.3 Å². The molecule has 0 unspecified atom stereocenters. The van der Waals surface area contributed by atoms with Gasteiger partial charge in [-0.25, -0.2) is 9.97 Å². The van der Waals surface area contributed by atoms with E-state index < -0.39 is 5.91 Å². The summed E-state index contributed by atoms with van der Waals surface area (Å²) in [7, 11) is 1.62. The minimum absolute atomic E-state index is 0.221. The maximum Gasteiger partial charge on any atom is 0.275 e. The first-order valence-electron chi connectivity index (χ1n) is 7.59. The van der Waals surface area contributed by atoms with E-state index in [2.05, 4.69) is 25.8 Å². The molecule has 0 spiro atoms. The summed E-state index contributed by atoms with van der Waals surface area (Å²) < 4.78 is 10.2. The van der Waals surface area contributed by atoms with Crippen LogP contribution in [-0.2, 0) is 6.54 Å². The SMILES string of the molecule is COc1ccccc1CNc1nccc(C(=O)Nc2cc(C)on2)n1. The number of rotatable bonds is 6. The molecule has 0 radical (unpaired) electrons. The van der Waals surface area contributed by atoms with Gasteiger partial charge in [0, 0.05) is 24.4 Å². The molecule has 128 valence electrons. The molecular formula is C17H17N5O3. The number of aryl methyl sites for hydroxylation is 1. The fraction of sp³-hybridized carbons (Fsp3) is 0.176. The summed E-state index contributed by atoms with van der Waals surface area (Å²) in [6, 6.07) is 10.8. The number of nitrogens with zero attached hydrogens (tertiary/aromatic N) is 3. The van der Waals surface area contributed by atoms with Gasteiger partial charge >= 0.3 is 0 Å². The van der Waals surface area contributed by atoms with Gasteiger partial charge in [-0.15, -0.1) is 0 Å². The standard InChI is InChI=1S/C17H17N5O3/c1-11-9-15(22-25-11)21-16(23)13-7-8-18-17(20-13)19-10-12-5-3-4-6-14(12)24-2/h3-9H,10H2,1-2H3,(H,18,19,20)(H,21,22,23). The van der Waals surface area contributed by atoms with Gasteiger partial charge < -0.3 is 19.9 Å². The van der Waals surface area contributed by atoms with E-state index in [0.717, 1.165) is 11.3 Å². The average molecular weight is 339 g/mol. The van der Waals surface area contributed by atoms with E-state index in [1.54, 1.807) is 20.1 Å². The second-order valence-corrected chi connectivity index (χ2v) is 5.21. The number of hydrogen-bond acceptors (Lipinski definition) is 7. The van der Waals surface area contributed by atoms with Crippen LogP contribution in [-0.4, -0.2) is 28.1 Å². The Morgan fingerprint density at radius 3 is 2.88 bits per heavy atom. The number of hydrogen-bond donors (Lipinski definition) is 2. The summed E-state index contributed by atoms with van der Waals surface area (Å²) in [4.78, 5) is 20.6. The van der Waals surface area contributed by atoms with Crippen LogP contribution in [0.5, 0.6) is 5.75 Å². The molecule has 0 bridgehead atoms. The first-order valence-corrected chi connectivity index (χ1v) is 7.59. The summed E-state index contributed by atoms with van der Waals surface area (Å²) >= 11 is 0. The maximum atomic E-state index is 12.2. The van der Waals surface area contributed by atoms with Crippen LogP contribution in [0.3, 0.4) is 0 Å². The zero-order valence-electron chi connectivity index (χ0n) is 13.8. The van der Waals surface area contributed by atoms with Crippen molar-refractivity contribution in [1.82, 2.24) is 15.1 Å². The number of aromatic nitrogens is 3. The van der Waals surface area contributed by atoms with Gasteiger partial charge in [-0.05, 0) is 19.1 Å². The predicted octanol–water partition coefficient (Wildman–Crippen LogP) is 2.65. The van der Waals surface area contributed by atoms with Crippen LogP contribution in [0.15, 0.2) is 47.1 Å². The molecule has 0 atom stereocenters. The summed E-state index contributed by atoms with van der Waals surface area (Å²) in [5.41, 5.74) is 1.18. The van der Waals surface area contributed by atoms with Crippen molar-refractivity contribution < 1.29 is 14.1 Å². The molecular weight excluding hydrogens is 322 g/mol. The summed E-state index contributed by atoms with van der Waals surface area (Å²) in [6.45, 7) is 2.21. The van der Waals surface area contributed by atoms with E-state index >= 15 is 0 Å². The van der Waals surface area contributed by atoms with Crippen molar-refractivity contribution in [2.75, 3.05) is 17.7 Å². The normalized spacial score (nSPS) is 10.3. The van der Waals surface area contributed by atoms with Crippen LogP contribution in [0.2, 0.25) is 0 Å². The Morgan fingerprint density at radius 1 is 1.28 bits per heavy atom. The topological polar surface area (TPSA) is 102 Å². The Hall–Kier alpha value is -3.42. The molecule has 25 heavy (non-hydrogen) atoms. The molecule has 0 saturated heterocycles. The van der Waals surface area contributed by atoms with Crippen molar-refractivity contribution in [3.8, 4) is 5.75 Å². The first kappa shape index (κ1) is 16.4. The Morgan fingerprint density at radius 2 is 2.12 bits per heavy atom. The fourth-order valence-corrected chi connectivity index (χ4v) is 2.20. The highest BCUT2D eigenvalue weighted by Gasteiger charge is 2.11. The molecule has 0 aliphatic carbocycles. The number of anilines is 2. The van der Waals surface area contributed by atoms with Gasteiger partial charge in [0.05, 0.1) is 7.11 Å². The molecule has 8 nitrogen and oxygen atoms in total. The molecule has 3 aromatic rings. The third-order valence-corrected chi connectivity index (χ3v) is 3.39. The number of nitrogens with one attached hydrogen (secondary N) is 2. The maximum absolute atomic E-state index is 12.2. The summed E-state index contributed by atoms with van der Waals surface area (Å²) in [5.74, 6) is 1.66. The van der Waals surface area contributed by atoms with Gasteiger partial charge in [-0.2, -0.15) is 0 Å². The first-order chi connectivity index (χ1) is 12.2. The lowest BCUT2D eigenvalue weighted by molar-refractivity contribution is 0.102. The van der Waals surface area contributed by atoms with Gasteiger partial charge in [0.15, 0.2) is 5.82 Å². The van der Waals surface area contributed by atoms with E-state index in [1.165, 1.54) is 12.3 Å². The molecule has 2 heterocycles. The largest absolute Gasteiger partial charge is 0.496 e. The van der Waals surface area contributed by atoms with Gasteiger partial charge in [0.25, 0.3) is 5.91 Å². The van der Waals surface area contributed by atoms with E-state index in [-0.39, 0.29) is 5.69 Å². The molecule has 2 N–H and O–H groups in total. The van der Waals surface area contributed by atoms with Gasteiger partial charge in [0.2, 0.25) is 5.95 Å². The monoisotopic (exact) mass is 339 g/mol. The molecule has 8 heteroatoms. The van der Waals surface area contributed by atoms with Crippen molar-refractivity contribution >= 4 is 17.7 Å². The number of methoxy groups -OCH3 is 1. The summed E-state index contributed by atoms with van der Waals surface area (Å²) in [6.07, 6.45) is 1.51. The third kappa shape index (κ3) is 4.11. The molecule has 0 fully saturated rings. The lowest BCUT2D eigenvalue weighted by atomic mass is 10.2. The van der Waals surface area contributed by atoms with Crippen molar-refractivity contribution in [1.29, 1.82) is 0 Å². The molecule has 3 rings (SSSR count). The highest BCUT2D eigenvalue weighted by atomic mass is 16.5. The Labute approximate surface area is 144 Å². The Balaban J connectivity index is 1.67. The van der Waals surface area contributed by atoms with Crippen molar-refractivity contribution in [3.05, 3.63) is 59.6 Å². The van der Waals surface area contributed by atoms with Crippen LogP contribution >= 0.6 is 0 Å². The molecule has 0 saturated carbocycles. The molecule has 1 aromatic carbocycles. The number of amides is 1. The molecule has 1 amide bonds. The van der Waals surface area contributed by atoms with Crippen LogP contribution < -0.4 is 15.4 Å². The highest BCUT2D eigenvalue weighted by Crippen LogP contribution is 2.18. The number of para-hydroxylation sites is 1. The highest BCUT2D eigenvalue weighted by molar-refractivity contribution is 6.02. The fourth-order valence-electron chi connectivity index (χ4n) is 2.20. The second-order valence-electron chi connectivity index (χ2n) is 5.21. The number of carbonyl (C=O) groups excluding carboxylic acids is 1. The smallest absolute Gasteiger partial charge is 0.275 e. The minimum Gasteiger partial charge on any atom is -0.496 e. The van der Waals surface area contributed by atoms with Crippen LogP contribution in [0.4, 0.5) is 11.8 Å². The van der Waals surface area contributed by atoms with Crippen molar-refractivity contribution in [2.45, 2.75) is 13.5 Å². The van der Waals surface area contributed by atoms with Crippen molar-refractivity contribution in [3.63, 3.8) is 0 Å².